The van der Waals surface area contributed by atoms with E-state index in [4.69, 9.17) is 11.6 Å². The Bertz CT molecular complexity index is 613. The number of esters is 1. The van der Waals surface area contributed by atoms with E-state index in [9.17, 15) is 4.79 Å². The van der Waals surface area contributed by atoms with Crippen molar-refractivity contribution in [1.82, 2.24) is 4.98 Å². The molecule has 2 rings (SSSR count). The molecule has 3 nitrogen and oxygen atoms in total. The number of aromatic nitrogens is 1. The zero-order valence-corrected chi connectivity index (χ0v) is 11.6. The Morgan fingerprint density at radius 1 is 1.41 bits per heavy atom. The Morgan fingerprint density at radius 2 is 2.12 bits per heavy atom. The van der Waals surface area contributed by atoms with Gasteiger partial charge in [0.15, 0.2) is 5.69 Å². The van der Waals surface area contributed by atoms with Crippen LogP contribution >= 0.6 is 27.5 Å². The second-order valence-electron chi connectivity index (χ2n) is 3.55. The van der Waals surface area contributed by atoms with Crippen molar-refractivity contribution in [2.75, 3.05) is 7.11 Å². The minimum atomic E-state index is -0.435. The molecule has 0 saturated heterocycles. The number of methoxy groups -OCH3 is 1. The molecule has 1 aromatic heterocycles. The molecule has 0 fully saturated rings. The molecule has 1 aromatic carbocycles. The predicted octanol–water partition coefficient (Wildman–Crippen LogP) is 3.75. The number of nitrogens with zero attached hydrogens (tertiary/aromatic N) is 1. The van der Waals surface area contributed by atoms with Gasteiger partial charge in [-0.15, -0.1) is 0 Å². The molecule has 1 heterocycles. The highest BCUT2D eigenvalue weighted by molar-refractivity contribution is 9.10. The van der Waals surface area contributed by atoms with E-state index >= 15 is 0 Å². The number of hydrogen-bond acceptors (Lipinski definition) is 3. The molecule has 88 valence electrons. The minimum absolute atomic E-state index is 0.328. The van der Waals surface area contributed by atoms with Gasteiger partial charge in [0.25, 0.3) is 0 Å². The number of fused-ring (bicyclic) bond motifs is 1. The van der Waals surface area contributed by atoms with Crippen LogP contribution in [0.25, 0.3) is 10.8 Å². The average Bonchev–Trinajstić information content (AvgIpc) is 2.33. The highest BCUT2D eigenvalue weighted by Gasteiger charge is 2.15. The average molecular weight is 315 g/mol. The van der Waals surface area contributed by atoms with Crippen LogP contribution < -0.4 is 0 Å². The summed E-state index contributed by atoms with van der Waals surface area (Å²) < 4.78 is 5.46. The summed E-state index contributed by atoms with van der Waals surface area (Å²) in [6, 6.07) is 3.65. The number of halogens is 2. The third kappa shape index (κ3) is 2.03. The number of aryl methyl sites for hydroxylation is 1. The maximum Gasteiger partial charge on any atom is 0.356 e. The van der Waals surface area contributed by atoms with Crippen molar-refractivity contribution >= 4 is 44.3 Å². The number of pyridine rings is 1. The summed E-state index contributed by atoms with van der Waals surface area (Å²) in [5, 5.41) is 2.42. The third-order valence-electron chi connectivity index (χ3n) is 2.59. The molecule has 0 aliphatic carbocycles. The Hall–Kier alpha value is -1.13. The maximum absolute atomic E-state index is 11.5. The van der Waals surface area contributed by atoms with Gasteiger partial charge in [-0.1, -0.05) is 17.7 Å². The van der Waals surface area contributed by atoms with Gasteiger partial charge in [-0.2, -0.15) is 0 Å². The number of hydrogen-bond donors (Lipinski definition) is 0. The van der Waals surface area contributed by atoms with Gasteiger partial charge in [-0.3, -0.25) is 0 Å². The van der Waals surface area contributed by atoms with Crippen molar-refractivity contribution in [2.24, 2.45) is 0 Å². The van der Waals surface area contributed by atoms with Gasteiger partial charge in [0.05, 0.1) is 12.1 Å². The molecule has 0 atom stereocenters. The fourth-order valence-electron chi connectivity index (χ4n) is 1.68. The highest BCUT2D eigenvalue weighted by atomic mass is 79.9. The van der Waals surface area contributed by atoms with E-state index in [1.807, 2.05) is 13.0 Å². The van der Waals surface area contributed by atoms with Crippen LogP contribution in [0.15, 0.2) is 22.8 Å². The Labute approximate surface area is 112 Å². The molecule has 2 aromatic rings. The first-order valence-electron chi connectivity index (χ1n) is 4.88. The minimum Gasteiger partial charge on any atom is -0.464 e. The van der Waals surface area contributed by atoms with E-state index in [0.29, 0.717) is 10.7 Å². The van der Waals surface area contributed by atoms with Gasteiger partial charge in [-0.05, 0) is 39.9 Å². The fraction of sp³-hybridized carbons (Fsp3) is 0.167. The van der Waals surface area contributed by atoms with Crippen molar-refractivity contribution in [3.63, 3.8) is 0 Å². The van der Waals surface area contributed by atoms with Crippen LogP contribution in [0.2, 0.25) is 5.02 Å². The summed E-state index contributed by atoms with van der Waals surface area (Å²) in [6.45, 7) is 1.84. The lowest BCUT2D eigenvalue weighted by Gasteiger charge is -2.08. The van der Waals surface area contributed by atoms with Crippen LogP contribution in [0.3, 0.4) is 0 Å². The van der Waals surface area contributed by atoms with E-state index in [1.54, 1.807) is 12.3 Å². The van der Waals surface area contributed by atoms with Gasteiger partial charge in [0.2, 0.25) is 0 Å². The molecule has 0 radical (unpaired) electrons. The zero-order valence-electron chi connectivity index (χ0n) is 9.25. The van der Waals surface area contributed by atoms with Crippen molar-refractivity contribution < 1.29 is 9.53 Å². The lowest BCUT2D eigenvalue weighted by atomic mass is 10.1. The van der Waals surface area contributed by atoms with Crippen LogP contribution in [-0.2, 0) is 4.74 Å². The number of carbonyl (C=O) groups is 1. The SMILES string of the molecule is COC(=O)c1ncc2c(Br)c(Cl)ccc2c1C. The third-order valence-corrected chi connectivity index (χ3v) is 3.99. The Balaban J connectivity index is 2.77. The zero-order chi connectivity index (χ0) is 12.6. The first-order valence-corrected chi connectivity index (χ1v) is 6.05. The number of ether oxygens (including phenoxy) is 1. The van der Waals surface area contributed by atoms with E-state index in [2.05, 4.69) is 25.7 Å². The molecule has 0 amide bonds. The largest absolute Gasteiger partial charge is 0.464 e. The number of benzene rings is 1. The summed E-state index contributed by atoms with van der Waals surface area (Å²) >= 11 is 9.41. The van der Waals surface area contributed by atoms with Crippen LogP contribution in [-0.4, -0.2) is 18.1 Å². The number of carbonyl (C=O) groups excluding carboxylic acids is 1. The number of rotatable bonds is 1. The molecule has 0 unspecified atom stereocenters. The maximum atomic E-state index is 11.5. The standard InChI is InChI=1S/C12H9BrClNO2/c1-6-7-3-4-9(14)10(13)8(7)5-15-11(6)12(16)17-2/h3-5H,1-2H3. The molecular weight excluding hydrogens is 305 g/mol. The first kappa shape index (κ1) is 12.3. The van der Waals surface area contributed by atoms with Crippen LogP contribution in [0.1, 0.15) is 16.1 Å². The molecule has 0 bridgehead atoms. The predicted molar refractivity (Wildman–Crippen MR) is 70.5 cm³/mol. The molecule has 0 N–H and O–H groups in total. The topological polar surface area (TPSA) is 39.2 Å². The smallest absolute Gasteiger partial charge is 0.356 e. The van der Waals surface area contributed by atoms with Crippen molar-refractivity contribution in [1.29, 1.82) is 0 Å². The molecule has 0 aliphatic heterocycles. The molecule has 0 aliphatic rings. The van der Waals surface area contributed by atoms with Crippen LogP contribution in [0, 0.1) is 6.92 Å². The second kappa shape index (κ2) is 4.63. The van der Waals surface area contributed by atoms with E-state index in [-0.39, 0.29) is 0 Å². The van der Waals surface area contributed by atoms with Gasteiger partial charge in [0, 0.05) is 16.1 Å². The van der Waals surface area contributed by atoms with Gasteiger partial charge >= 0.3 is 5.97 Å². The monoisotopic (exact) mass is 313 g/mol. The van der Waals surface area contributed by atoms with Crippen molar-refractivity contribution in [3.8, 4) is 0 Å². The fourth-order valence-corrected chi connectivity index (χ4v) is 2.29. The molecule has 0 spiro atoms. The van der Waals surface area contributed by atoms with Gasteiger partial charge < -0.3 is 4.74 Å². The summed E-state index contributed by atoms with van der Waals surface area (Å²) in [4.78, 5) is 15.6. The molecule has 0 saturated carbocycles. The van der Waals surface area contributed by atoms with Gasteiger partial charge in [0.1, 0.15) is 0 Å². The molecule has 17 heavy (non-hydrogen) atoms. The molecular formula is C12H9BrClNO2. The summed E-state index contributed by atoms with van der Waals surface area (Å²) in [5.41, 5.74) is 1.11. The van der Waals surface area contributed by atoms with Gasteiger partial charge in [-0.25, -0.2) is 9.78 Å². The van der Waals surface area contributed by atoms with E-state index < -0.39 is 5.97 Å². The normalized spacial score (nSPS) is 10.6. The van der Waals surface area contributed by atoms with Crippen LogP contribution in [0.4, 0.5) is 0 Å². The Kier molecular flexibility index (Phi) is 3.35. The first-order chi connectivity index (χ1) is 8.06. The molecule has 5 heteroatoms. The van der Waals surface area contributed by atoms with E-state index in [1.165, 1.54) is 7.11 Å². The highest BCUT2D eigenvalue weighted by Crippen LogP contribution is 2.32. The lowest BCUT2D eigenvalue weighted by molar-refractivity contribution is 0.0593. The quantitative estimate of drug-likeness (QED) is 0.753. The van der Waals surface area contributed by atoms with E-state index in [0.717, 1.165) is 20.8 Å². The summed E-state index contributed by atoms with van der Waals surface area (Å²) in [6.07, 6.45) is 1.62. The summed E-state index contributed by atoms with van der Waals surface area (Å²) in [5.74, 6) is -0.435. The van der Waals surface area contributed by atoms with Crippen molar-refractivity contribution in [3.05, 3.63) is 39.1 Å². The Morgan fingerprint density at radius 3 is 2.76 bits per heavy atom. The van der Waals surface area contributed by atoms with Crippen LogP contribution in [0.5, 0.6) is 0 Å². The summed E-state index contributed by atoms with van der Waals surface area (Å²) in [7, 11) is 1.34. The lowest BCUT2D eigenvalue weighted by Crippen LogP contribution is -2.07. The second-order valence-corrected chi connectivity index (χ2v) is 4.75. The van der Waals surface area contributed by atoms with Crippen molar-refractivity contribution in [2.45, 2.75) is 6.92 Å².